The molecule has 0 fully saturated rings. The molecule has 0 amide bonds. The molecule has 0 aliphatic rings. The Bertz CT molecular complexity index is 1330. The highest BCUT2D eigenvalue weighted by Gasteiger charge is 2.22. The Kier molecular flexibility index (Phi) is 6.16. The topological polar surface area (TPSA) is 78.5 Å². The zero-order valence-corrected chi connectivity index (χ0v) is 20.8. The van der Waals surface area contributed by atoms with Crippen LogP contribution in [-0.4, -0.2) is 71.3 Å². The van der Waals surface area contributed by atoms with Crippen molar-refractivity contribution >= 4 is 21.8 Å². The number of H-pyrrole nitrogens is 2. The van der Waals surface area contributed by atoms with Gasteiger partial charge in [-0.1, -0.05) is 0 Å². The number of benzene rings is 2. The molecule has 0 spiro atoms. The van der Waals surface area contributed by atoms with E-state index in [-0.39, 0.29) is 11.5 Å². The second kappa shape index (κ2) is 8.76. The number of hydrogen-bond acceptors (Lipinski definition) is 4. The predicted octanol–water partition coefficient (Wildman–Crippen LogP) is 4.86. The van der Waals surface area contributed by atoms with Gasteiger partial charge in [0.15, 0.2) is 0 Å². The summed E-state index contributed by atoms with van der Waals surface area (Å²) in [5.74, 6) is 0.454. The van der Waals surface area contributed by atoms with Gasteiger partial charge in [-0.25, -0.2) is 0 Å². The van der Waals surface area contributed by atoms with Gasteiger partial charge in [0, 0.05) is 46.9 Å². The number of phenols is 2. The van der Waals surface area contributed by atoms with E-state index in [1.54, 1.807) is 0 Å². The van der Waals surface area contributed by atoms with E-state index < -0.39 is 0 Å². The summed E-state index contributed by atoms with van der Waals surface area (Å²) >= 11 is 0. The van der Waals surface area contributed by atoms with E-state index in [0.29, 0.717) is 11.1 Å². The van der Waals surface area contributed by atoms with Crippen molar-refractivity contribution < 1.29 is 10.2 Å². The average molecular weight is 449 g/mol. The molecule has 176 valence electrons. The zero-order chi connectivity index (χ0) is 24.0. The summed E-state index contributed by atoms with van der Waals surface area (Å²) in [6, 6.07) is 3.96. The number of aromatic hydroxyl groups is 2. The van der Waals surface area contributed by atoms with Gasteiger partial charge in [-0.2, -0.15) is 0 Å². The van der Waals surface area contributed by atoms with Crippen molar-refractivity contribution in [1.82, 2.24) is 19.8 Å². The second-order valence-electron chi connectivity index (χ2n) is 9.83. The summed E-state index contributed by atoms with van der Waals surface area (Å²) in [7, 11) is 8.21. The summed E-state index contributed by atoms with van der Waals surface area (Å²) in [4.78, 5) is 11.1. The molecule has 0 saturated heterocycles. The van der Waals surface area contributed by atoms with Crippen LogP contribution in [-0.2, 0) is 12.8 Å². The minimum Gasteiger partial charge on any atom is -0.507 e. The van der Waals surface area contributed by atoms with Gasteiger partial charge in [0.2, 0.25) is 0 Å². The summed E-state index contributed by atoms with van der Waals surface area (Å²) < 4.78 is 0. The van der Waals surface area contributed by atoms with Gasteiger partial charge in [-0.3, -0.25) is 0 Å². The Morgan fingerprint density at radius 3 is 1.91 bits per heavy atom. The summed E-state index contributed by atoms with van der Waals surface area (Å²) in [6.07, 6.45) is 3.67. The molecule has 0 bridgehead atoms. The van der Waals surface area contributed by atoms with Crippen molar-refractivity contribution in [3.8, 4) is 22.6 Å². The maximum absolute atomic E-state index is 11.5. The molecule has 2 heterocycles. The number of rotatable bonds is 7. The molecule has 4 N–H and O–H groups in total. The first-order valence-electron chi connectivity index (χ1n) is 11.6. The molecule has 2 aromatic carbocycles. The van der Waals surface area contributed by atoms with Gasteiger partial charge in [-0.05, 0) is 96.2 Å². The minimum absolute atomic E-state index is 0.224. The van der Waals surface area contributed by atoms with Crippen LogP contribution in [0.5, 0.6) is 11.5 Å². The second-order valence-corrected chi connectivity index (χ2v) is 9.83. The van der Waals surface area contributed by atoms with Crippen LogP contribution in [0.1, 0.15) is 27.9 Å². The monoisotopic (exact) mass is 448 g/mol. The standard InChI is InChI=1S/C27H36N4O2/c1-15-12-20(26(32)22-18(8-10-30(4)5)14-28-24(15)22)21-13-16(2)25-23(27(21)33)19(17(3)29-25)9-11-31(6)7/h12-14,28-29,32-33H,8-11H2,1-7H3. The van der Waals surface area contributed by atoms with Crippen LogP contribution in [0.25, 0.3) is 32.9 Å². The maximum Gasteiger partial charge on any atom is 0.133 e. The summed E-state index contributed by atoms with van der Waals surface area (Å²) in [5, 5.41) is 24.7. The lowest BCUT2D eigenvalue weighted by molar-refractivity contribution is 0.413. The Hall–Kier alpha value is -2.96. The molecule has 0 atom stereocenters. The van der Waals surface area contributed by atoms with Gasteiger partial charge in [-0.15, -0.1) is 0 Å². The van der Waals surface area contributed by atoms with Crippen LogP contribution in [0, 0.1) is 20.8 Å². The van der Waals surface area contributed by atoms with Crippen LogP contribution in [0.15, 0.2) is 18.3 Å². The van der Waals surface area contributed by atoms with E-state index in [2.05, 4.69) is 47.7 Å². The number of aromatic amines is 2. The van der Waals surface area contributed by atoms with Crippen molar-refractivity contribution in [1.29, 1.82) is 0 Å². The molecular formula is C27H36N4O2. The third-order valence-corrected chi connectivity index (χ3v) is 6.70. The van der Waals surface area contributed by atoms with Crippen LogP contribution < -0.4 is 0 Å². The highest BCUT2D eigenvalue weighted by atomic mass is 16.3. The zero-order valence-electron chi connectivity index (χ0n) is 20.8. The number of hydrogen-bond donors (Lipinski definition) is 4. The van der Waals surface area contributed by atoms with Gasteiger partial charge in [0.05, 0.1) is 11.0 Å². The fraction of sp³-hybridized carbons (Fsp3) is 0.407. The molecule has 2 aromatic heterocycles. The van der Waals surface area contributed by atoms with Crippen molar-refractivity contribution in [2.24, 2.45) is 0 Å². The number of fused-ring (bicyclic) bond motifs is 2. The molecule has 0 unspecified atom stereocenters. The van der Waals surface area contributed by atoms with Crippen molar-refractivity contribution in [2.75, 3.05) is 41.3 Å². The number of aromatic nitrogens is 2. The largest absolute Gasteiger partial charge is 0.507 e. The third kappa shape index (κ3) is 4.09. The van der Waals surface area contributed by atoms with E-state index >= 15 is 0 Å². The molecule has 33 heavy (non-hydrogen) atoms. The lowest BCUT2D eigenvalue weighted by Gasteiger charge is -2.15. The Balaban J connectivity index is 1.94. The van der Waals surface area contributed by atoms with Gasteiger partial charge in [0.1, 0.15) is 11.5 Å². The number of likely N-dealkylation sites (N-methyl/N-ethyl adjacent to an activating group) is 2. The van der Waals surface area contributed by atoms with E-state index in [9.17, 15) is 10.2 Å². The van der Waals surface area contributed by atoms with E-state index in [4.69, 9.17) is 0 Å². The minimum atomic E-state index is 0.224. The maximum atomic E-state index is 11.5. The van der Waals surface area contributed by atoms with E-state index in [1.165, 1.54) is 0 Å². The van der Waals surface area contributed by atoms with Crippen molar-refractivity contribution in [3.63, 3.8) is 0 Å². The van der Waals surface area contributed by atoms with E-state index in [0.717, 1.165) is 75.7 Å². The number of nitrogens with one attached hydrogen (secondary N) is 2. The third-order valence-electron chi connectivity index (χ3n) is 6.70. The smallest absolute Gasteiger partial charge is 0.133 e. The van der Waals surface area contributed by atoms with Gasteiger partial charge >= 0.3 is 0 Å². The molecule has 0 aliphatic carbocycles. The van der Waals surface area contributed by atoms with Crippen LogP contribution in [0.3, 0.4) is 0 Å². The van der Waals surface area contributed by atoms with Crippen molar-refractivity contribution in [3.05, 3.63) is 46.3 Å². The number of aryl methyl sites for hydroxylation is 3. The molecule has 6 nitrogen and oxygen atoms in total. The van der Waals surface area contributed by atoms with Gasteiger partial charge in [0.25, 0.3) is 0 Å². The van der Waals surface area contributed by atoms with Crippen molar-refractivity contribution in [2.45, 2.75) is 33.6 Å². The lowest BCUT2D eigenvalue weighted by Crippen LogP contribution is -2.15. The SMILES string of the molecule is Cc1[nH]c2c(C)cc(-c3cc(C)c4[nH]cc(CCN(C)C)c4c3O)c(O)c2c1CCN(C)C. The normalized spacial score (nSPS) is 12.2. The molecule has 4 rings (SSSR count). The first-order chi connectivity index (χ1) is 15.6. The Morgan fingerprint density at radius 1 is 0.758 bits per heavy atom. The molecule has 0 radical (unpaired) electrons. The molecule has 4 aromatic rings. The van der Waals surface area contributed by atoms with E-state index in [1.807, 2.05) is 39.3 Å². The molecule has 0 saturated carbocycles. The van der Waals surface area contributed by atoms with Crippen LogP contribution in [0.2, 0.25) is 0 Å². The van der Waals surface area contributed by atoms with Gasteiger partial charge < -0.3 is 30.0 Å². The first-order valence-corrected chi connectivity index (χ1v) is 11.6. The highest BCUT2D eigenvalue weighted by molar-refractivity contribution is 6.03. The predicted molar refractivity (Wildman–Crippen MR) is 138 cm³/mol. The first kappa shape index (κ1) is 23.2. The summed E-state index contributed by atoms with van der Waals surface area (Å²) in [5.41, 5.74) is 8.65. The Labute approximate surface area is 195 Å². The van der Waals surface area contributed by atoms with Crippen LogP contribution >= 0.6 is 0 Å². The average Bonchev–Trinajstić information content (AvgIpc) is 3.32. The fourth-order valence-electron chi connectivity index (χ4n) is 4.85. The molecule has 0 aliphatic heterocycles. The highest BCUT2D eigenvalue weighted by Crippen LogP contribution is 2.46. The lowest BCUT2D eigenvalue weighted by atomic mass is 9.93. The number of phenolic OH excluding ortho intramolecular Hbond substituents is 2. The van der Waals surface area contributed by atoms with Crippen LogP contribution in [0.4, 0.5) is 0 Å². The fourth-order valence-corrected chi connectivity index (χ4v) is 4.85. The Morgan fingerprint density at radius 2 is 1.30 bits per heavy atom. The number of nitrogens with zero attached hydrogens (tertiary/aromatic N) is 2. The molecular weight excluding hydrogens is 412 g/mol. The quantitative estimate of drug-likeness (QED) is 0.326. The summed E-state index contributed by atoms with van der Waals surface area (Å²) in [6.45, 7) is 7.95. The molecule has 6 heteroatoms.